The monoisotopic (exact) mass is 372 g/mol. The lowest BCUT2D eigenvalue weighted by molar-refractivity contribution is -0.130. The van der Waals surface area contributed by atoms with Crippen molar-refractivity contribution in [3.63, 3.8) is 0 Å². The maximum absolute atomic E-state index is 12.6. The second-order valence-electron chi connectivity index (χ2n) is 8.71. The van der Waals surface area contributed by atoms with Gasteiger partial charge in [-0.25, -0.2) is 4.98 Å². The van der Waals surface area contributed by atoms with Crippen molar-refractivity contribution in [1.82, 2.24) is 19.8 Å². The molecule has 4 rings (SSSR count). The number of piperazine rings is 1. The number of likely N-dealkylation sites (N-methyl/N-ethyl adjacent to an activating group) is 1. The van der Waals surface area contributed by atoms with Crippen molar-refractivity contribution >= 4 is 17.7 Å². The third kappa shape index (κ3) is 3.88. The van der Waals surface area contributed by atoms with Crippen LogP contribution < -0.4 is 9.80 Å². The van der Waals surface area contributed by atoms with Gasteiger partial charge in [0.1, 0.15) is 5.82 Å². The molecule has 0 bridgehead atoms. The third-order valence-electron chi connectivity index (χ3n) is 6.55. The summed E-state index contributed by atoms with van der Waals surface area (Å²) in [5, 5.41) is 0. The molecule has 27 heavy (non-hydrogen) atoms. The zero-order chi connectivity index (χ0) is 19.0. The SMILES string of the molecule is CN(C)c1ccnc(N2CCN(C)[C@@]3(CCC(=O)N(CC4CC4)CC3)C2)n1. The highest BCUT2D eigenvalue weighted by atomic mass is 16.2. The summed E-state index contributed by atoms with van der Waals surface area (Å²) < 4.78 is 0. The second kappa shape index (κ2) is 7.26. The third-order valence-corrected chi connectivity index (χ3v) is 6.55. The Kier molecular flexibility index (Phi) is 4.97. The summed E-state index contributed by atoms with van der Waals surface area (Å²) in [6.07, 6.45) is 7.05. The minimum absolute atomic E-state index is 0.0314. The fraction of sp³-hybridized carbons (Fsp3) is 0.750. The molecule has 7 nitrogen and oxygen atoms in total. The molecule has 1 saturated carbocycles. The van der Waals surface area contributed by atoms with Gasteiger partial charge in [-0.05, 0) is 44.7 Å². The van der Waals surface area contributed by atoms with E-state index >= 15 is 0 Å². The van der Waals surface area contributed by atoms with E-state index in [1.54, 1.807) is 0 Å². The van der Waals surface area contributed by atoms with Crippen molar-refractivity contribution in [3.8, 4) is 0 Å². The number of anilines is 2. The predicted molar refractivity (Wildman–Crippen MR) is 107 cm³/mol. The minimum atomic E-state index is 0.0314. The molecule has 3 heterocycles. The lowest BCUT2D eigenvalue weighted by Gasteiger charge is -2.49. The van der Waals surface area contributed by atoms with Gasteiger partial charge in [0.05, 0.1) is 0 Å². The summed E-state index contributed by atoms with van der Waals surface area (Å²) in [5.74, 6) is 2.83. The van der Waals surface area contributed by atoms with Crippen LogP contribution in [0.4, 0.5) is 11.8 Å². The maximum atomic E-state index is 12.6. The Morgan fingerprint density at radius 1 is 1.22 bits per heavy atom. The van der Waals surface area contributed by atoms with Gasteiger partial charge in [0, 0.05) is 65.0 Å². The summed E-state index contributed by atoms with van der Waals surface area (Å²) in [6, 6.07) is 1.94. The van der Waals surface area contributed by atoms with Crippen molar-refractivity contribution in [3.05, 3.63) is 12.3 Å². The van der Waals surface area contributed by atoms with Crippen LogP contribution in [0.15, 0.2) is 12.3 Å². The van der Waals surface area contributed by atoms with Crippen LogP contribution in [0, 0.1) is 5.92 Å². The molecule has 1 atom stereocenters. The minimum Gasteiger partial charge on any atom is -0.363 e. The van der Waals surface area contributed by atoms with Gasteiger partial charge in [-0.2, -0.15) is 4.98 Å². The molecule has 0 unspecified atom stereocenters. The van der Waals surface area contributed by atoms with Gasteiger partial charge in [-0.3, -0.25) is 9.69 Å². The largest absolute Gasteiger partial charge is 0.363 e. The van der Waals surface area contributed by atoms with Gasteiger partial charge >= 0.3 is 0 Å². The van der Waals surface area contributed by atoms with Crippen LogP contribution in [0.25, 0.3) is 0 Å². The van der Waals surface area contributed by atoms with Crippen LogP contribution in [0.1, 0.15) is 32.1 Å². The Bertz CT molecular complexity index is 691. The molecule has 0 N–H and O–H groups in total. The summed E-state index contributed by atoms with van der Waals surface area (Å²) in [7, 11) is 6.22. The average molecular weight is 373 g/mol. The molecular weight excluding hydrogens is 340 g/mol. The lowest BCUT2D eigenvalue weighted by Crippen LogP contribution is -2.61. The average Bonchev–Trinajstić information content (AvgIpc) is 3.50. The fourth-order valence-electron chi connectivity index (χ4n) is 4.41. The lowest BCUT2D eigenvalue weighted by atomic mass is 9.86. The number of likely N-dealkylation sites (tertiary alicyclic amines) is 1. The van der Waals surface area contributed by atoms with E-state index in [0.717, 1.165) is 63.2 Å². The smallest absolute Gasteiger partial charge is 0.227 e. The molecule has 1 aromatic rings. The van der Waals surface area contributed by atoms with Crippen molar-refractivity contribution in [1.29, 1.82) is 0 Å². The summed E-state index contributed by atoms with van der Waals surface area (Å²) >= 11 is 0. The summed E-state index contributed by atoms with van der Waals surface area (Å²) in [5.41, 5.74) is 0.0314. The van der Waals surface area contributed by atoms with Gasteiger partial charge in [0.2, 0.25) is 11.9 Å². The van der Waals surface area contributed by atoms with Crippen LogP contribution >= 0.6 is 0 Å². The van der Waals surface area contributed by atoms with Crippen molar-refractivity contribution in [2.24, 2.45) is 5.92 Å². The Labute approximate surface area is 162 Å². The number of carbonyl (C=O) groups excluding carboxylic acids is 1. The predicted octanol–water partition coefficient (Wildman–Crippen LogP) is 1.46. The molecule has 7 heteroatoms. The topological polar surface area (TPSA) is 55.8 Å². The standard InChI is InChI=1S/C20H32N6O/c1-23(2)17-7-10-21-19(22-17)26-13-12-24(3)20(15-26)8-6-18(27)25(11-9-20)14-16-4-5-16/h7,10,16H,4-6,8-9,11-15H2,1-3H3/t20-/m1/s1. The first-order chi connectivity index (χ1) is 13.0. The van der Waals surface area contributed by atoms with E-state index in [4.69, 9.17) is 4.98 Å². The fourth-order valence-corrected chi connectivity index (χ4v) is 4.41. The molecular formula is C20H32N6O. The van der Waals surface area contributed by atoms with Crippen LogP contribution in [0.3, 0.4) is 0 Å². The van der Waals surface area contributed by atoms with E-state index in [-0.39, 0.29) is 5.54 Å². The molecule has 148 valence electrons. The highest BCUT2D eigenvalue weighted by molar-refractivity contribution is 5.76. The van der Waals surface area contributed by atoms with E-state index in [0.29, 0.717) is 12.3 Å². The molecule has 2 aliphatic heterocycles. The highest BCUT2D eigenvalue weighted by Gasteiger charge is 2.43. The first-order valence-electron chi connectivity index (χ1n) is 10.2. The van der Waals surface area contributed by atoms with Gasteiger partial charge < -0.3 is 14.7 Å². The van der Waals surface area contributed by atoms with Crippen LogP contribution in [-0.4, -0.2) is 85.1 Å². The zero-order valence-electron chi connectivity index (χ0n) is 16.9. The first-order valence-corrected chi connectivity index (χ1v) is 10.2. The number of nitrogens with zero attached hydrogens (tertiary/aromatic N) is 6. The van der Waals surface area contributed by atoms with E-state index in [2.05, 4.69) is 26.7 Å². The quantitative estimate of drug-likeness (QED) is 0.798. The summed E-state index contributed by atoms with van der Waals surface area (Å²) in [6.45, 7) is 4.65. The van der Waals surface area contributed by atoms with E-state index in [1.165, 1.54) is 12.8 Å². The van der Waals surface area contributed by atoms with Crippen molar-refractivity contribution in [2.75, 3.05) is 63.7 Å². The number of hydrogen-bond acceptors (Lipinski definition) is 6. The number of hydrogen-bond donors (Lipinski definition) is 0. The highest BCUT2D eigenvalue weighted by Crippen LogP contribution is 2.35. The van der Waals surface area contributed by atoms with Crippen LogP contribution in [-0.2, 0) is 4.79 Å². The zero-order valence-corrected chi connectivity index (χ0v) is 16.9. The van der Waals surface area contributed by atoms with Gasteiger partial charge in [-0.15, -0.1) is 0 Å². The summed E-state index contributed by atoms with van der Waals surface area (Å²) in [4.78, 5) is 30.9. The number of aromatic nitrogens is 2. The Morgan fingerprint density at radius 2 is 2.04 bits per heavy atom. The Hall–Kier alpha value is -1.89. The van der Waals surface area contributed by atoms with E-state index in [1.807, 2.05) is 31.3 Å². The molecule has 1 aliphatic carbocycles. The molecule has 3 aliphatic rings. The van der Waals surface area contributed by atoms with Crippen LogP contribution in [0.2, 0.25) is 0 Å². The van der Waals surface area contributed by atoms with Gasteiger partial charge in [-0.1, -0.05) is 0 Å². The van der Waals surface area contributed by atoms with Crippen molar-refractivity contribution in [2.45, 2.75) is 37.6 Å². The van der Waals surface area contributed by atoms with Gasteiger partial charge in [0.15, 0.2) is 0 Å². The van der Waals surface area contributed by atoms with E-state index < -0.39 is 0 Å². The van der Waals surface area contributed by atoms with E-state index in [9.17, 15) is 4.79 Å². The molecule has 2 saturated heterocycles. The molecule has 1 amide bonds. The number of amides is 1. The molecule has 0 radical (unpaired) electrons. The second-order valence-corrected chi connectivity index (χ2v) is 8.71. The first kappa shape index (κ1) is 18.5. The molecule has 1 aromatic heterocycles. The van der Waals surface area contributed by atoms with Gasteiger partial charge in [0.25, 0.3) is 0 Å². The number of rotatable bonds is 4. The molecule has 1 spiro atoms. The van der Waals surface area contributed by atoms with Crippen LogP contribution in [0.5, 0.6) is 0 Å². The van der Waals surface area contributed by atoms with Crippen molar-refractivity contribution < 1.29 is 4.79 Å². The normalized spacial score (nSPS) is 27.1. The Balaban J connectivity index is 1.51. The Morgan fingerprint density at radius 3 is 2.78 bits per heavy atom. The molecule has 0 aromatic carbocycles. The maximum Gasteiger partial charge on any atom is 0.227 e. The number of carbonyl (C=O) groups is 1. The molecule has 3 fully saturated rings.